The zero-order chi connectivity index (χ0) is 14.1. The molecule has 2 aliphatic heterocycles. The molecule has 0 aliphatic carbocycles. The number of nitrogens with zero attached hydrogens (tertiary/aromatic N) is 1. The summed E-state index contributed by atoms with van der Waals surface area (Å²) in [5, 5.41) is 0.0366. The highest BCUT2D eigenvalue weighted by Gasteiger charge is 2.48. The lowest BCUT2D eigenvalue weighted by molar-refractivity contribution is 0.0777. The van der Waals surface area contributed by atoms with Crippen molar-refractivity contribution in [2.45, 2.75) is 35.9 Å². The van der Waals surface area contributed by atoms with Gasteiger partial charge in [-0.15, -0.1) is 0 Å². The monoisotopic (exact) mass is 324 g/mol. The molecule has 2 rings (SSSR count). The Kier molecular flexibility index (Phi) is 5.15. The number of rotatable bonds is 3. The van der Waals surface area contributed by atoms with Crippen LogP contribution < -0.4 is 5.73 Å². The van der Waals surface area contributed by atoms with Gasteiger partial charge in [0.05, 0.1) is 0 Å². The summed E-state index contributed by atoms with van der Waals surface area (Å²) in [5.41, 5.74) is 5.97. The summed E-state index contributed by atoms with van der Waals surface area (Å²) >= 11 is 3.67. The van der Waals surface area contributed by atoms with Crippen molar-refractivity contribution in [2.24, 2.45) is 5.73 Å². The van der Waals surface area contributed by atoms with E-state index in [0.29, 0.717) is 17.5 Å². The van der Waals surface area contributed by atoms with Crippen molar-refractivity contribution in [1.82, 2.24) is 4.90 Å². The Bertz CT molecular complexity index is 415. The molecule has 0 aromatic rings. The van der Waals surface area contributed by atoms with E-state index < -0.39 is 9.84 Å². The molecule has 0 aromatic carbocycles. The van der Waals surface area contributed by atoms with Gasteiger partial charge in [0.2, 0.25) is 0 Å². The average molecular weight is 325 g/mol. The summed E-state index contributed by atoms with van der Waals surface area (Å²) in [6.07, 6.45) is 3.52. The van der Waals surface area contributed by atoms with Gasteiger partial charge in [-0.05, 0) is 18.6 Å². The van der Waals surface area contributed by atoms with Crippen LogP contribution in [0.1, 0.15) is 19.8 Å². The quantitative estimate of drug-likeness (QED) is 0.836. The molecule has 2 N–H and O–H groups in total. The van der Waals surface area contributed by atoms with Crippen LogP contribution >= 0.6 is 23.5 Å². The Morgan fingerprint density at radius 2 is 2.16 bits per heavy atom. The summed E-state index contributed by atoms with van der Waals surface area (Å²) < 4.78 is 24.2. The summed E-state index contributed by atoms with van der Waals surface area (Å²) in [6, 6.07) is 0. The molecule has 0 amide bonds. The molecule has 0 saturated carbocycles. The first-order valence-electron chi connectivity index (χ1n) is 6.77. The molecule has 19 heavy (non-hydrogen) atoms. The van der Waals surface area contributed by atoms with Crippen molar-refractivity contribution in [3.05, 3.63) is 0 Å². The largest absolute Gasteiger partial charge is 0.329 e. The van der Waals surface area contributed by atoms with E-state index >= 15 is 0 Å². The van der Waals surface area contributed by atoms with Gasteiger partial charge in [0, 0.05) is 41.6 Å². The molecular formula is C12H24N2O2S3. The Morgan fingerprint density at radius 3 is 2.74 bits per heavy atom. The second kappa shape index (κ2) is 6.13. The van der Waals surface area contributed by atoms with Crippen molar-refractivity contribution in [3.8, 4) is 0 Å². The van der Waals surface area contributed by atoms with Gasteiger partial charge < -0.3 is 5.73 Å². The molecule has 4 nitrogen and oxygen atoms in total. The van der Waals surface area contributed by atoms with E-state index in [1.54, 1.807) is 11.8 Å². The van der Waals surface area contributed by atoms with Gasteiger partial charge in [-0.25, -0.2) is 8.42 Å². The molecule has 3 atom stereocenters. The zero-order valence-corrected chi connectivity index (χ0v) is 14.1. The molecule has 2 heterocycles. The molecule has 2 fully saturated rings. The van der Waals surface area contributed by atoms with Gasteiger partial charge >= 0.3 is 0 Å². The third-order valence-electron chi connectivity index (χ3n) is 4.38. The van der Waals surface area contributed by atoms with E-state index in [4.69, 9.17) is 5.73 Å². The first kappa shape index (κ1) is 15.9. The van der Waals surface area contributed by atoms with Crippen molar-refractivity contribution in [3.63, 3.8) is 0 Å². The standard InChI is InChI=1S/C12H24N2O2S3/c1-10-12(9-13,4-3-6-18-10)14-5-7-17-8-11(14)19(2,15)16/h10-11H,3-9,13H2,1-2H3. The van der Waals surface area contributed by atoms with Gasteiger partial charge in [0.25, 0.3) is 0 Å². The molecule has 0 aromatic heterocycles. The predicted octanol–water partition coefficient (Wildman–Crippen LogP) is 1.02. The van der Waals surface area contributed by atoms with Crippen LogP contribution in [0.25, 0.3) is 0 Å². The second-order valence-corrected chi connectivity index (χ2v) is 10.3. The maximum absolute atomic E-state index is 12.1. The van der Waals surface area contributed by atoms with Gasteiger partial charge in [-0.2, -0.15) is 23.5 Å². The summed E-state index contributed by atoms with van der Waals surface area (Å²) in [6.45, 7) is 3.60. The molecule has 2 aliphatic rings. The highest BCUT2D eigenvalue weighted by molar-refractivity contribution is 8.01. The van der Waals surface area contributed by atoms with Crippen LogP contribution in [0, 0.1) is 0 Å². The lowest BCUT2D eigenvalue weighted by atomic mass is 9.87. The minimum Gasteiger partial charge on any atom is -0.329 e. The first-order valence-corrected chi connectivity index (χ1v) is 10.9. The van der Waals surface area contributed by atoms with E-state index in [1.165, 1.54) is 6.26 Å². The van der Waals surface area contributed by atoms with Crippen LogP contribution in [0.5, 0.6) is 0 Å². The van der Waals surface area contributed by atoms with Crippen LogP contribution in [0.2, 0.25) is 0 Å². The Morgan fingerprint density at radius 1 is 1.42 bits per heavy atom. The molecule has 3 unspecified atom stereocenters. The molecule has 0 bridgehead atoms. The summed E-state index contributed by atoms with van der Waals surface area (Å²) in [5.74, 6) is 2.85. The van der Waals surface area contributed by atoms with E-state index in [2.05, 4.69) is 11.8 Å². The molecular weight excluding hydrogens is 300 g/mol. The SMILES string of the molecule is CC1SCCCC1(CN)N1CCSCC1S(C)(=O)=O. The summed E-state index contributed by atoms with van der Waals surface area (Å²) in [7, 11) is -3.06. The van der Waals surface area contributed by atoms with E-state index in [-0.39, 0.29) is 10.9 Å². The first-order chi connectivity index (χ1) is 8.92. The van der Waals surface area contributed by atoms with Crippen LogP contribution in [0.4, 0.5) is 0 Å². The normalized spacial score (nSPS) is 38.3. The Hall–Kier alpha value is 0.570. The molecule has 2 saturated heterocycles. The fourth-order valence-corrected chi connectivity index (χ4v) is 7.46. The lowest BCUT2D eigenvalue weighted by Crippen LogP contribution is -2.67. The molecule has 0 radical (unpaired) electrons. The minimum absolute atomic E-state index is 0.141. The highest BCUT2D eigenvalue weighted by Crippen LogP contribution is 2.41. The number of nitrogens with two attached hydrogens (primary N) is 1. The predicted molar refractivity (Wildman–Crippen MR) is 85.6 cm³/mol. The highest BCUT2D eigenvalue weighted by atomic mass is 32.2. The third-order valence-corrected chi connectivity index (χ3v) is 8.49. The lowest BCUT2D eigenvalue weighted by Gasteiger charge is -2.53. The molecule has 0 spiro atoms. The Balaban J connectivity index is 2.33. The van der Waals surface area contributed by atoms with Gasteiger partial charge in [-0.1, -0.05) is 6.92 Å². The van der Waals surface area contributed by atoms with Gasteiger partial charge in [-0.3, -0.25) is 4.90 Å². The fourth-order valence-electron chi connectivity index (χ4n) is 3.20. The minimum atomic E-state index is -3.06. The van der Waals surface area contributed by atoms with Gasteiger partial charge in [0.15, 0.2) is 9.84 Å². The fraction of sp³-hybridized carbons (Fsp3) is 1.00. The van der Waals surface area contributed by atoms with Crippen molar-refractivity contribution in [2.75, 3.05) is 36.6 Å². The summed E-state index contributed by atoms with van der Waals surface area (Å²) in [4.78, 5) is 2.22. The second-order valence-electron chi connectivity index (χ2n) is 5.48. The van der Waals surface area contributed by atoms with Crippen LogP contribution in [-0.4, -0.2) is 66.1 Å². The van der Waals surface area contributed by atoms with Crippen molar-refractivity contribution >= 4 is 33.4 Å². The van der Waals surface area contributed by atoms with E-state index in [0.717, 1.165) is 30.9 Å². The van der Waals surface area contributed by atoms with Crippen LogP contribution in [-0.2, 0) is 9.84 Å². The van der Waals surface area contributed by atoms with Crippen molar-refractivity contribution in [1.29, 1.82) is 0 Å². The Labute approximate surface area is 125 Å². The maximum Gasteiger partial charge on any atom is 0.164 e. The molecule has 7 heteroatoms. The topological polar surface area (TPSA) is 63.4 Å². The van der Waals surface area contributed by atoms with Gasteiger partial charge in [0.1, 0.15) is 5.37 Å². The average Bonchev–Trinajstić information content (AvgIpc) is 2.39. The smallest absolute Gasteiger partial charge is 0.164 e. The van der Waals surface area contributed by atoms with Crippen LogP contribution in [0.15, 0.2) is 0 Å². The van der Waals surface area contributed by atoms with Crippen LogP contribution in [0.3, 0.4) is 0 Å². The number of thioether (sulfide) groups is 2. The number of hydrogen-bond donors (Lipinski definition) is 1. The van der Waals surface area contributed by atoms with E-state index in [1.807, 2.05) is 11.8 Å². The number of sulfone groups is 1. The molecule has 112 valence electrons. The zero-order valence-electron chi connectivity index (χ0n) is 11.7. The van der Waals surface area contributed by atoms with Crippen molar-refractivity contribution < 1.29 is 8.42 Å². The third kappa shape index (κ3) is 3.10. The number of hydrogen-bond acceptors (Lipinski definition) is 6. The van der Waals surface area contributed by atoms with E-state index in [9.17, 15) is 8.42 Å². The maximum atomic E-state index is 12.1.